The summed E-state index contributed by atoms with van der Waals surface area (Å²) in [4.78, 5) is 24.1. The second-order valence-electron chi connectivity index (χ2n) is 11.7. The minimum atomic E-state index is -4.79. The van der Waals surface area contributed by atoms with Crippen LogP contribution in [-0.2, 0) is 12.7 Å². The first kappa shape index (κ1) is 31.6. The number of nitrogens with one attached hydrogen (secondary N) is 1. The third kappa shape index (κ3) is 6.61. The third-order valence-electron chi connectivity index (χ3n) is 8.44. The molecule has 49 heavy (non-hydrogen) atoms. The highest BCUT2D eigenvalue weighted by molar-refractivity contribution is 5.85. The zero-order valence-electron chi connectivity index (χ0n) is 25.9. The number of nitrogens with two attached hydrogens (primary N) is 1. The quantitative estimate of drug-likeness (QED) is 0.180. The second-order valence-corrected chi connectivity index (χ2v) is 11.7. The van der Waals surface area contributed by atoms with Crippen molar-refractivity contribution in [3.05, 3.63) is 108 Å². The largest absolute Gasteiger partial charge is 0.417 e. The number of nitriles is 1. The number of pyridine rings is 2. The van der Waals surface area contributed by atoms with Crippen LogP contribution in [0.1, 0.15) is 29.8 Å². The van der Waals surface area contributed by atoms with Crippen LogP contribution in [0.4, 0.5) is 29.2 Å². The number of rotatable bonds is 7. The molecule has 0 unspecified atom stereocenters. The van der Waals surface area contributed by atoms with Gasteiger partial charge in [0.05, 0.1) is 16.8 Å². The van der Waals surface area contributed by atoms with Gasteiger partial charge in [0.25, 0.3) is 0 Å². The Kier molecular flexibility index (Phi) is 8.35. The number of hydrogen-bond donors (Lipinski definition) is 2. The topological polar surface area (TPSA) is 134 Å². The molecule has 2 aromatic carbocycles. The summed E-state index contributed by atoms with van der Waals surface area (Å²) in [5.41, 5.74) is 7.92. The minimum Gasteiger partial charge on any atom is -0.383 e. The Bertz CT molecular complexity index is 2180. The maximum atomic E-state index is 13.9. The standard InChI is InChI=1S/C35H28F4N10/c36-22-5-8-25(27(18-22)35(37,38)39)28-9-10-29-34(45-28)49(33(46-29)26-2-1-14-43-32(26)41)24-6-3-21(4-7-24)20-48-16-12-23(13-17-48)44-30-11-15-42-31(19-40)47-30/h1-11,14-15,18,23H,12-13,16-17,20H2,(H2,41,43)(H,42,44,47). The molecule has 0 atom stereocenters. The number of piperidine rings is 1. The molecule has 6 aromatic rings. The van der Waals surface area contributed by atoms with Gasteiger partial charge in [0, 0.05) is 49.3 Å². The van der Waals surface area contributed by atoms with Crippen molar-refractivity contribution in [3.63, 3.8) is 0 Å². The number of benzene rings is 2. The SMILES string of the molecule is N#Cc1nccc(NC2CCN(Cc3ccc(-n4c(-c5cccnc5N)nc5ccc(-c6ccc(F)cc6C(F)(F)F)nc54)cc3)CC2)n1. The number of nitrogens with zero attached hydrogens (tertiary/aromatic N) is 8. The predicted octanol–water partition coefficient (Wildman–Crippen LogP) is 6.63. The summed E-state index contributed by atoms with van der Waals surface area (Å²) in [5.74, 6) is 0.436. The lowest BCUT2D eigenvalue weighted by Crippen LogP contribution is -2.38. The third-order valence-corrected chi connectivity index (χ3v) is 8.44. The van der Waals surface area contributed by atoms with Crippen LogP contribution in [0.3, 0.4) is 0 Å². The zero-order valence-corrected chi connectivity index (χ0v) is 25.9. The molecule has 4 aromatic heterocycles. The Hall–Kier alpha value is -5.94. The van der Waals surface area contributed by atoms with E-state index in [1.165, 1.54) is 6.07 Å². The van der Waals surface area contributed by atoms with Gasteiger partial charge in [-0.2, -0.15) is 18.4 Å². The second kappa shape index (κ2) is 12.9. The van der Waals surface area contributed by atoms with Gasteiger partial charge in [-0.25, -0.2) is 29.3 Å². The lowest BCUT2D eigenvalue weighted by Gasteiger charge is -2.32. The van der Waals surface area contributed by atoms with E-state index in [1.807, 2.05) is 30.3 Å². The average Bonchev–Trinajstić information content (AvgIpc) is 3.48. The van der Waals surface area contributed by atoms with Gasteiger partial charge < -0.3 is 11.1 Å². The van der Waals surface area contributed by atoms with Gasteiger partial charge in [0.2, 0.25) is 5.82 Å². The van der Waals surface area contributed by atoms with Crippen LogP contribution >= 0.6 is 0 Å². The zero-order chi connectivity index (χ0) is 34.1. The molecule has 1 aliphatic heterocycles. The van der Waals surface area contributed by atoms with Crippen LogP contribution in [0.2, 0.25) is 0 Å². The Balaban J connectivity index is 1.17. The smallest absolute Gasteiger partial charge is 0.383 e. The molecule has 1 saturated heterocycles. The number of imidazole rings is 1. The highest BCUT2D eigenvalue weighted by atomic mass is 19.4. The summed E-state index contributed by atoms with van der Waals surface area (Å²) in [6.45, 7) is 2.45. The Labute approximate surface area is 277 Å². The van der Waals surface area contributed by atoms with Gasteiger partial charge in [-0.05, 0) is 79.1 Å². The summed E-state index contributed by atoms with van der Waals surface area (Å²) >= 11 is 0. The first-order valence-corrected chi connectivity index (χ1v) is 15.4. The number of nitrogen functional groups attached to an aromatic ring is 1. The molecule has 3 N–H and O–H groups in total. The van der Waals surface area contributed by atoms with Crippen LogP contribution in [0.15, 0.2) is 85.2 Å². The monoisotopic (exact) mass is 664 g/mol. The Morgan fingerprint density at radius 1 is 0.898 bits per heavy atom. The molecule has 5 heterocycles. The van der Waals surface area contributed by atoms with E-state index in [-0.39, 0.29) is 28.9 Å². The number of anilines is 2. The minimum absolute atomic E-state index is 0.0198. The fraction of sp³-hybridized carbons (Fsp3) is 0.200. The van der Waals surface area contributed by atoms with Gasteiger partial charge in [-0.3, -0.25) is 9.47 Å². The molecule has 10 nitrogen and oxygen atoms in total. The van der Waals surface area contributed by atoms with Crippen LogP contribution in [0.25, 0.3) is 39.5 Å². The van der Waals surface area contributed by atoms with Gasteiger partial charge in [0.1, 0.15) is 29.0 Å². The van der Waals surface area contributed by atoms with E-state index in [9.17, 15) is 17.6 Å². The van der Waals surface area contributed by atoms with E-state index in [1.54, 1.807) is 41.2 Å². The lowest BCUT2D eigenvalue weighted by molar-refractivity contribution is -0.137. The van der Waals surface area contributed by atoms with Crippen molar-refractivity contribution in [3.8, 4) is 34.4 Å². The van der Waals surface area contributed by atoms with Gasteiger partial charge in [0.15, 0.2) is 11.5 Å². The van der Waals surface area contributed by atoms with Crippen LogP contribution < -0.4 is 11.1 Å². The summed E-state index contributed by atoms with van der Waals surface area (Å²) < 4.78 is 57.4. The fourth-order valence-corrected chi connectivity index (χ4v) is 6.06. The molecule has 246 valence electrons. The number of halogens is 4. The lowest BCUT2D eigenvalue weighted by atomic mass is 10.0. The molecular weight excluding hydrogens is 636 g/mol. The van der Waals surface area contributed by atoms with Gasteiger partial charge in [-0.15, -0.1) is 0 Å². The number of hydrogen-bond acceptors (Lipinski definition) is 9. The van der Waals surface area contributed by atoms with Gasteiger partial charge >= 0.3 is 6.18 Å². The van der Waals surface area contributed by atoms with Crippen LogP contribution in [-0.4, -0.2) is 53.5 Å². The van der Waals surface area contributed by atoms with E-state index < -0.39 is 17.6 Å². The normalized spacial score (nSPS) is 14.2. The molecule has 1 aliphatic rings. The van der Waals surface area contributed by atoms with Crippen molar-refractivity contribution in [2.24, 2.45) is 0 Å². The summed E-state index contributed by atoms with van der Waals surface area (Å²) in [6.07, 6.45) is 0.143. The van der Waals surface area contributed by atoms with Crippen molar-refractivity contribution in [2.45, 2.75) is 31.6 Å². The van der Waals surface area contributed by atoms with E-state index in [2.05, 4.69) is 30.2 Å². The van der Waals surface area contributed by atoms with E-state index >= 15 is 0 Å². The highest BCUT2D eigenvalue weighted by Gasteiger charge is 2.35. The van der Waals surface area contributed by atoms with Crippen LogP contribution in [0, 0.1) is 17.1 Å². The van der Waals surface area contributed by atoms with Crippen molar-refractivity contribution in [2.75, 3.05) is 24.1 Å². The van der Waals surface area contributed by atoms with Crippen molar-refractivity contribution >= 4 is 22.8 Å². The number of alkyl halides is 3. The first-order valence-electron chi connectivity index (χ1n) is 15.4. The van der Waals surface area contributed by atoms with Crippen molar-refractivity contribution in [1.29, 1.82) is 5.26 Å². The van der Waals surface area contributed by atoms with Crippen molar-refractivity contribution in [1.82, 2.24) is 34.4 Å². The van der Waals surface area contributed by atoms with E-state index in [0.717, 1.165) is 50.2 Å². The summed E-state index contributed by atoms with van der Waals surface area (Å²) in [6, 6.07) is 20.8. The molecule has 0 amide bonds. The predicted molar refractivity (Wildman–Crippen MR) is 176 cm³/mol. The van der Waals surface area contributed by atoms with E-state index in [0.29, 0.717) is 40.1 Å². The molecule has 0 radical (unpaired) electrons. The number of likely N-dealkylation sites (tertiary alicyclic amines) is 1. The Morgan fingerprint density at radius 2 is 1.69 bits per heavy atom. The maximum Gasteiger partial charge on any atom is 0.417 e. The molecular formula is C35H28F4N10. The van der Waals surface area contributed by atoms with Crippen LogP contribution in [0.5, 0.6) is 0 Å². The molecule has 0 spiro atoms. The number of fused-ring (bicyclic) bond motifs is 1. The first-order chi connectivity index (χ1) is 23.7. The summed E-state index contributed by atoms with van der Waals surface area (Å²) in [7, 11) is 0. The van der Waals surface area contributed by atoms with Crippen molar-refractivity contribution < 1.29 is 17.6 Å². The van der Waals surface area contributed by atoms with E-state index in [4.69, 9.17) is 16.0 Å². The fourth-order valence-electron chi connectivity index (χ4n) is 6.06. The average molecular weight is 665 g/mol. The summed E-state index contributed by atoms with van der Waals surface area (Å²) in [5, 5.41) is 12.5. The molecule has 1 fully saturated rings. The maximum absolute atomic E-state index is 13.9. The number of aromatic nitrogens is 6. The molecule has 7 rings (SSSR count). The van der Waals surface area contributed by atoms with Gasteiger partial charge in [-0.1, -0.05) is 12.1 Å². The molecule has 0 bridgehead atoms. The Morgan fingerprint density at radius 3 is 2.43 bits per heavy atom. The molecule has 0 aliphatic carbocycles. The highest BCUT2D eigenvalue weighted by Crippen LogP contribution is 2.38. The molecule has 14 heteroatoms. The molecule has 0 saturated carbocycles.